The summed E-state index contributed by atoms with van der Waals surface area (Å²) in [6.07, 6.45) is 8.91. The molecule has 2 bridgehead atoms. The number of nitrogens with one attached hydrogen (secondary N) is 1. The molecule has 1 saturated carbocycles. The van der Waals surface area contributed by atoms with Crippen LogP contribution in [0.1, 0.15) is 60.0 Å². The lowest BCUT2D eigenvalue weighted by atomic mass is 9.68. The summed E-state index contributed by atoms with van der Waals surface area (Å²) in [7, 11) is -4.01. The molecule has 9 nitrogen and oxygen atoms in total. The standard InChI is InChI=1S/C35H44ClN3O6S/c36-27-9-11-30-24(18-27)4-3-13-35(30)22-39-20-26-7-10-29(26)32(40)6-2-1-5-28(21-38-14-16-44-17-15-38)46(42,43)37-34(41)25-8-12-33(45-23-35)31(39)19-25/h2,6,8-9,11-12,18-19,26,28-29,32,40H,1,3-5,7,10,13-17,20-23H2,(H,37,41)/b6-2-/t26-,28+,29+,32-,35-/m0/s1. The van der Waals surface area contributed by atoms with Gasteiger partial charge in [0, 0.05) is 48.7 Å². The number of allylic oxidation sites excluding steroid dienone is 1. The van der Waals surface area contributed by atoms with Crippen LogP contribution in [0.15, 0.2) is 48.6 Å². The lowest BCUT2D eigenvalue weighted by molar-refractivity contribution is 0.0375. The minimum atomic E-state index is -4.01. The summed E-state index contributed by atoms with van der Waals surface area (Å²) in [5.74, 6) is 0.436. The lowest BCUT2D eigenvalue weighted by Gasteiger charge is -2.45. The van der Waals surface area contributed by atoms with Gasteiger partial charge in [0.05, 0.1) is 36.9 Å². The molecule has 7 rings (SSSR count). The number of halogens is 1. The zero-order valence-corrected chi connectivity index (χ0v) is 27.8. The van der Waals surface area contributed by atoms with E-state index in [9.17, 15) is 18.3 Å². The number of rotatable bonds is 2. The Balaban J connectivity index is 1.25. The minimum absolute atomic E-state index is 0.115. The molecule has 5 atom stereocenters. The third-order valence-electron chi connectivity index (χ3n) is 10.9. The van der Waals surface area contributed by atoms with Gasteiger partial charge in [-0.1, -0.05) is 29.8 Å². The fraction of sp³-hybridized carbons (Fsp3) is 0.571. The van der Waals surface area contributed by atoms with Crippen LogP contribution in [0.5, 0.6) is 5.75 Å². The van der Waals surface area contributed by atoms with E-state index in [1.807, 2.05) is 18.2 Å². The second kappa shape index (κ2) is 13.1. The highest BCUT2D eigenvalue weighted by Crippen LogP contribution is 2.46. The second-order valence-corrected chi connectivity index (χ2v) is 16.2. The van der Waals surface area contributed by atoms with Crippen LogP contribution in [0.4, 0.5) is 5.69 Å². The molecule has 1 spiro atoms. The van der Waals surface area contributed by atoms with E-state index in [4.69, 9.17) is 21.1 Å². The van der Waals surface area contributed by atoms with Gasteiger partial charge >= 0.3 is 0 Å². The van der Waals surface area contributed by atoms with Crippen LogP contribution >= 0.6 is 11.6 Å². The Morgan fingerprint density at radius 2 is 1.93 bits per heavy atom. The molecule has 46 heavy (non-hydrogen) atoms. The van der Waals surface area contributed by atoms with Gasteiger partial charge < -0.3 is 19.5 Å². The van der Waals surface area contributed by atoms with E-state index in [0.29, 0.717) is 71.1 Å². The number of aliphatic hydroxyl groups excluding tert-OH is 1. The molecule has 2 aromatic rings. The number of fused-ring (bicyclic) bond motifs is 4. The number of aliphatic hydroxyl groups is 1. The normalized spacial score (nSPS) is 32.2. The zero-order chi connectivity index (χ0) is 31.9. The Kier molecular flexibility index (Phi) is 9.10. The van der Waals surface area contributed by atoms with Crippen molar-refractivity contribution in [3.63, 3.8) is 0 Å². The van der Waals surface area contributed by atoms with Crippen molar-refractivity contribution < 1.29 is 27.8 Å². The van der Waals surface area contributed by atoms with Crippen LogP contribution in [-0.2, 0) is 26.6 Å². The van der Waals surface area contributed by atoms with E-state index < -0.39 is 27.3 Å². The van der Waals surface area contributed by atoms with Gasteiger partial charge in [0.2, 0.25) is 10.0 Å². The predicted molar refractivity (Wildman–Crippen MR) is 178 cm³/mol. The van der Waals surface area contributed by atoms with E-state index in [1.54, 1.807) is 18.2 Å². The van der Waals surface area contributed by atoms with Crippen LogP contribution in [0.25, 0.3) is 0 Å². The Labute approximate surface area is 276 Å². The number of carbonyl (C=O) groups is 1. The maximum Gasteiger partial charge on any atom is 0.264 e. The van der Waals surface area contributed by atoms with Gasteiger partial charge in [0.1, 0.15) is 5.75 Å². The topological polar surface area (TPSA) is 108 Å². The highest BCUT2D eigenvalue weighted by molar-refractivity contribution is 7.90. The number of nitrogens with zero attached hydrogens (tertiary/aromatic N) is 2. The molecule has 0 aromatic heterocycles. The van der Waals surface area contributed by atoms with Gasteiger partial charge in [-0.15, -0.1) is 0 Å². The number of benzene rings is 2. The van der Waals surface area contributed by atoms with E-state index in [-0.39, 0.29) is 22.8 Å². The molecule has 2 N–H and O–H groups in total. The molecule has 5 aliphatic rings. The molecule has 11 heteroatoms. The monoisotopic (exact) mass is 669 g/mol. The summed E-state index contributed by atoms with van der Waals surface area (Å²) in [5, 5.41) is 11.2. The number of amides is 1. The fourth-order valence-electron chi connectivity index (χ4n) is 8.16. The molecular weight excluding hydrogens is 626 g/mol. The molecule has 0 radical (unpaired) electrons. The second-order valence-electron chi connectivity index (χ2n) is 13.8. The first-order valence-corrected chi connectivity index (χ1v) is 18.6. The Morgan fingerprint density at radius 3 is 2.74 bits per heavy atom. The van der Waals surface area contributed by atoms with Gasteiger partial charge in [-0.05, 0) is 98.2 Å². The SMILES string of the molecule is O=C1NS(=O)(=O)[C@@H](CN2CCOCC2)CC/C=C\[C@H](O)[C@@H]2CC[C@H]2CN2C[C@@]3(CCCc4cc(Cl)ccc43)COc3ccc1cc32. The highest BCUT2D eigenvalue weighted by Gasteiger charge is 2.44. The molecule has 1 saturated heterocycles. The van der Waals surface area contributed by atoms with Gasteiger partial charge in [-0.25, -0.2) is 13.1 Å². The number of anilines is 1. The van der Waals surface area contributed by atoms with Gasteiger partial charge in [0.15, 0.2) is 0 Å². The van der Waals surface area contributed by atoms with E-state index in [2.05, 4.69) is 26.7 Å². The van der Waals surface area contributed by atoms with Crippen molar-refractivity contribution in [3.05, 3.63) is 70.3 Å². The van der Waals surface area contributed by atoms with Crippen LogP contribution in [0.3, 0.4) is 0 Å². The van der Waals surface area contributed by atoms with Crippen LogP contribution in [0.2, 0.25) is 5.02 Å². The predicted octanol–water partition coefficient (Wildman–Crippen LogP) is 4.31. The summed E-state index contributed by atoms with van der Waals surface area (Å²) in [5.41, 5.74) is 3.31. The van der Waals surface area contributed by atoms with E-state index in [1.165, 1.54) is 11.1 Å². The molecule has 2 fully saturated rings. The van der Waals surface area contributed by atoms with Crippen molar-refractivity contribution >= 4 is 33.2 Å². The number of hydrogen-bond acceptors (Lipinski definition) is 8. The van der Waals surface area contributed by atoms with Crippen LogP contribution < -0.4 is 14.4 Å². The Bertz CT molecular complexity index is 1590. The molecular formula is C35H44ClN3O6S. The molecule has 0 unspecified atom stereocenters. The molecule has 1 amide bonds. The van der Waals surface area contributed by atoms with Gasteiger partial charge in [-0.3, -0.25) is 9.69 Å². The largest absolute Gasteiger partial charge is 0.490 e. The average Bonchev–Trinajstić information content (AvgIpc) is 3.17. The summed E-state index contributed by atoms with van der Waals surface area (Å²) < 4.78 is 41.9. The first kappa shape index (κ1) is 31.9. The maximum atomic E-state index is 13.7. The maximum absolute atomic E-state index is 13.7. The molecule has 3 aliphatic heterocycles. The minimum Gasteiger partial charge on any atom is -0.490 e. The summed E-state index contributed by atoms with van der Waals surface area (Å²) in [6.45, 7) is 4.62. The van der Waals surface area contributed by atoms with E-state index >= 15 is 0 Å². The quantitative estimate of drug-likeness (QED) is 0.456. The number of sulfonamides is 1. The lowest BCUT2D eigenvalue weighted by Crippen LogP contribution is -2.49. The van der Waals surface area contributed by atoms with Crippen molar-refractivity contribution in [1.29, 1.82) is 0 Å². The van der Waals surface area contributed by atoms with Crippen LogP contribution in [0, 0.1) is 11.8 Å². The number of aryl methyl sites for hydroxylation is 1. The Morgan fingerprint density at radius 1 is 1.09 bits per heavy atom. The van der Waals surface area contributed by atoms with Crippen molar-refractivity contribution in [3.8, 4) is 5.75 Å². The van der Waals surface area contributed by atoms with Crippen molar-refractivity contribution in [2.75, 3.05) is 57.4 Å². The molecule has 2 aromatic carbocycles. The molecule has 248 valence electrons. The van der Waals surface area contributed by atoms with Gasteiger partial charge in [-0.2, -0.15) is 0 Å². The van der Waals surface area contributed by atoms with Crippen LogP contribution in [-0.4, -0.2) is 88.2 Å². The van der Waals surface area contributed by atoms with Gasteiger partial charge in [0.25, 0.3) is 5.91 Å². The summed E-state index contributed by atoms with van der Waals surface area (Å²) in [4.78, 5) is 18.1. The number of carbonyl (C=O) groups excluding carboxylic acids is 1. The summed E-state index contributed by atoms with van der Waals surface area (Å²) >= 11 is 6.41. The fourth-order valence-corrected chi connectivity index (χ4v) is 9.75. The first-order valence-electron chi connectivity index (χ1n) is 16.7. The number of morpholine rings is 1. The van der Waals surface area contributed by atoms with Crippen molar-refractivity contribution in [1.82, 2.24) is 9.62 Å². The van der Waals surface area contributed by atoms with Crippen molar-refractivity contribution in [2.24, 2.45) is 11.8 Å². The first-order chi connectivity index (χ1) is 22.2. The Hall–Kier alpha value is -2.63. The summed E-state index contributed by atoms with van der Waals surface area (Å²) in [6, 6.07) is 11.4. The number of hydrogen-bond donors (Lipinski definition) is 2. The third kappa shape index (κ3) is 6.43. The van der Waals surface area contributed by atoms with E-state index in [0.717, 1.165) is 42.8 Å². The number of ether oxygens (including phenoxy) is 2. The molecule has 2 aliphatic carbocycles. The highest BCUT2D eigenvalue weighted by atomic mass is 35.5. The smallest absolute Gasteiger partial charge is 0.264 e. The van der Waals surface area contributed by atoms with Crippen molar-refractivity contribution in [2.45, 2.75) is 61.7 Å². The average molecular weight is 670 g/mol. The molecule has 3 heterocycles. The zero-order valence-electron chi connectivity index (χ0n) is 26.2. The third-order valence-corrected chi connectivity index (χ3v) is 12.9.